The molecule has 3 rings (SSSR count). The largest absolute Gasteiger partial charge is 0.483 e. The van der Waals surface area contributed by atoms with Gasteiger partial charge in [-0.2, -0.15) is 0 Å². The van der Waals surface area contributed by atoms with E-state index in [-0.39, 0.29) is 24.2 Å². The van der Waals surface area contributed by atoms with Crippen molar-refractivity contribution < 1.29 is 14.3 Å². The summed E-state index contributed by atoms with van der Waals surface area (Å²) in [5.74, 6) is 0.568. The summed E-state index contributed by atoms with van der Waals surface area (Å²) in [6, 6.07) is 9.64. The van der Waals surface area contributed by atoms with Crippen LogP contribution in [-0.2, 0) is 4.79 Å². The monoisotopic (exact) mass is 337 g/mol. The second-order valence-electron chi connectivity index (χ2n) is 6.85. The van der Waals surface area contributed by atoms with Crippen LogP contribution < -0.4 is 10.1 Å². The maximum atomic E-state index is 12.3. The standard InChI is InChI=1S/C21H23NO3/c1-12-5-6-13(2)16(9-12)22-19(24)11-25-18-8-7-14(3)20-15(4)10-17(23)21(18)20/h5-9,15H,10-11H2,1-4H3,(H,22,24)/t15-/m0/s1. The normalized spacial score (nSPS) is 15.8. The van der Waals surface area contributed by atoms with E-state index in [4.69, 9.17) is 4.74 Å². The third-order valence-electron chi connectivity index (χ3n) is 4.71. The molecule has 0 heterocycles. The fraction of sp³-hybridized carbons (Fsp3) is 0.333. The zero-order valence-electron chi connectivity index (χ0n) is 15.1. The van der Waals surface area contributed by atoms with Gasteiger partial charge in [-0.25, -0.2) is 0 Å². The highest BCUT2D eigenvalue weighted by molar-refractivity contribution is 6.04. The van der Waals surface area contributed by atoms with Crippen LogP contribution in [0.5, 0.6) is 5.75 Å². The van der Waals surface area contributed by atoms with Crippen molar-refractivity contribution in [2.75, 3.05) is 11.9 Å². The summed E-state index contributed by atoms with van der Waals surface area (Å²) in [5, 5.41) is 2.87. The number of nitrogens with one attached hydrogen (secondary N) is 1. The number of anilines is 1. The van der Waals surface area contributed by atoms with Crippen molar-refractivity contribution in [1.29, 1.82) is 0 Å². The zero-order chi connectivity index (χ0) is 18.1. The molecule has 0 radical (unpaired) electrons. The summed E-state index contributed by atoms with van der Waals surface area (Å²) in [5.41, 5.74) is 5.66. The average Bonchev–Trinajstić information content (AvgIpc) is 2.86. The number of fused-ring (bicyclic) bond motifs is 1. The van der Waals surface area contributed by atoms with Gasteiger partial charge in [0, 0.05) is 12.1 Å². The van der Waals surface area contributed by atoms with Crippen molar-refractivity contribution in [2.45, 2.75) is 40.0 Å². The Labute approximate surface area is 148 Å². The Morgan fingerprint density at radius 1 is 1.16 bits per heavy atom. The predicted octanol–water partition coefficient (Wildman–Crippen LogP) is 4.32. The lowest BCUT2D eigenvalue weighted by atomic mass is 9.97. The van der Waals surface area contributed by atoms with Crippen LogP contribution in [0.15, 0.2) is 30.3 Å². The van der Waals surface area contributed by atoms with Crippen LogP contribution in [0.3, 0.4) is 0 Å². The smallest absolute Gasteiger partial charge is 0.262 e. The topological polar surface area (TPSA) is 55.4 Å². The van der Waals surface area contributed by atoms with Gasteiger partial charge in [0.05, 0.1) is 5.56 Å². The molecule has 4 nitrogen and oxygen atoms in total. The SMILES string of the molecule is Cc1ccc(C)c(NC(=O)COc2ccc(C)c3c2C(=O)C[C@@H]3C)c1. The first kappa shape index (κ1) is 17.2. The summed E-state index contributed by atoms with van der Waals surface area (Å²) in [4.78, 5) is 24.5. The second kappa shape index (κ2) is 6.71. The van der Waals surface area contributed by atoms with Crippen LogP contribution >= 0.6 is 0 Å². The van der Waals surface area contributed by atoms with Crippen LogP contribution in [0.2, 0.25) is 0 Å². The Kier molecular flexibility index (Phi) is 4.62. The zero-order valence-corrected chi connectivity index (χ0v) is 15.1. The van der Waals surface area contributed by atoms with Crippen LogP contribution in [-0.4, -0.2) is 18.3 Å². The molecule has 0 unspecified atom stereocenters. The van der Waals surface area contributed by atoms with E-state index in [1.54, 1.807) is 6.07 Å². The minimum atomic E-state index is -0.235. The van der Waals surface area contributed by atoms with Gasteiger partial charge < -0.3 is 10.1 Å². The number of rotatable bonds is 4. The fourth-order valence-electron chi connectivity index (χ4n) is 3.43. The predicted molar refractivity (Wildman–Crippen MR) is 98.6 cm³/mol. The molecular weight excluding hydrogens is 314 g/mol. The summed E-state index contributed by atoms with van der Waals surface area (Å²) >= 11 is 0. The van der Waals surface area contributed by atoms with E-state index < -0.39 is 0 Å². The van der Waals surface area contributed by atoms with Crippen molar-refractivity contribution in [1.82, 2.24) is 0 Å². The van der Waals surface area contributed by atoms with E-state index >= 15 is 0 Å². The molecule has 0 fully saturated rings. The molecule has 1 aliphatic carbocycles. The summed E-state index contributed by atoms with van der Waals surface area (Å²) in [6.45, 7) is 7.86. The van der Waals surface area contributed by atoms with Crippen molar-refractivity contribution in [3.63, 3.8) is 0 Å². The molecule has 0 aliphatic heterocycles. The lowest BCUT2D eigenvalue weighted by Crippen LogP contribution is -2.21. The molecule has 1 amide bonds. The number of ketones is 1. The Bertz CT molecular complexity index is 854. The Morgan fingerprint density at radius 3 is 2.64 bits per heavy atom. The molecule has 0 saturated heterocycles. The molecule has 1 atom stereocenters. The van der Waals surface area contributed by atoms with Gasteiger partial charge in [0.15, 0.2) is 12.4 Å². The molecule has 1 N–H and O–H groups in total. The van der Waals surface area contributed by atoms with Gasteiger partial charge >= 0.3 is 0 Å². The van der Waals surface area contributed by atoms with Gasteiger partial charge in [-0.3, -0.25) is 9.59 Å². The van der Waals surface area contributed by atoms with E-state index in [0.29, 0.717) is 17.7 Å². The molecule has 25 heavy (non-hydrogen) atoms. The molecular formula is C21H23NO3. The average molecular weight is 337 g/mol. The Morgan fingerprint density at radius 2 is 1.88 bits per heavy atom. The van der Waals surface area contributed by atoms with Gasteiger partial charge in [-0.05, 0) is 61.1 Å². The number of amides is 1. The van der Waals surface area contributed by atoms with Crippen molar-refractivity contribution in [2.24, 2.45) is 0 Å². The number of benzene rings is 2. The maximum absolute atomic E-state index is 12.3. The summed E-state index contributed by atoms with van der Waals surface area (Å²) in [6.07, 6.45) is 0.505. The third kappa shape index (κ3) is 3.43. The lowest BCUT2D eigenvalue weighted by molar-refractivity contribution is -0.118. The van der Waals surface area contributed by atoms with Crippen LogP contribution in [0.4, 0.5) is 5.69 Å². The maximum Gasteiger partial charge on any atom is 0.262 e. The first-order chi connectivity index (χ1) is 11.9. The number of Topliss-reactive ketones (excluding diaryl/α,β-unsaturated/α-hetero) is 1. The quantitative estimate of drug-likeness (QED) is 0.904. The molecule has 130 valence electrons. The number of hydrogen-bond acceptors (Lipinski definition) is 3. The molecule has 4 heteroatoms. The van der Waals surface area contributed by atoms with Gasteiger partial charge in [0.25, 0.3) is 5.91 Å². The second-order valence-corrected chi connectivity index (χ2v) is 6.85. The number of carbonyl (C=O) groups is 2. The van der Waals surface area contributed by atoms with Crippen molar-refractivity contribution in [3.8, 4) is 5.75 Å². The highest BCUT2D eigenvalue weighted by Crippen LogP contribution is 2.40. The number of carbonyl (C=O) groups excluding carboxylic acids is 2. The molecule has 2 aromatic rings. The van der Waals surface area contributed by atoms with Crippen molar-refractivity contribution in [3.05, 3.63) is 58.1 Å². The Hall–Kier alpha value is -2.62. The van der Waals surface area contributed by atoms with Gasteiger partial charge in [-0.15, -0.1) is 0 Å². The molecule has 0 aromatic heterocycles. The van der Waals surface area contributed by atoms with E-state index in [9.17, 15) is 9.59 Å². The number of ether oxygens (including phenoxy) is 1. The highest BCUT2D eigenvalue weighted by Gasteiger charge is 2.31. The van der Waals surface area contributed by atoms with Crippen LogP contribution in [0, 0.1) is 20.8 Å². The summed E-state index contributed by atoms with van der Waals surface area (Å²) < 4.78 is 5.69. The third-order valence-corrected chi connectivity index (χ3v) is 4.71. The Balaban J connectivity index is 1.73. The number of aryl methyl sites for hydroxylation is 3. The van der Waals surface area contributed by atoms with Gasteiger partial charge in [0.1, 0.15) is 5.75 Å². The number of hydrogen-bond donors (Lipinski definition) is 1. The molecule has 0 spiro atoms. The minimum Gasteiger partial charge on any atom is -0.483 e. The molecule has 0 bridgehead atoms. The lowest BCUT2D eigenvalue weighted by Gasteiger charge is -2.14. The van der Waals surface area contributed by atoms with Gasteiger partial charge in [0.2, 0.25) is 0 Å². The minimum absolute atomic E-state index is 0.0936. The van der Waals surface area contributed by atoms with E-state index in [1.807, 2.05) is 52.0 Å². The van der Waals surface area contributed by atoms with Crippen molar-refractivity contribution >= 4 is 17.4 Å². The fourth-order valence-corrected chi connectivity index (χ4v) is 3.43. The first-order valence-corrected chi connectivity index (χ1v) is 8.53. The van der Waals surface area contributed by atoms with Gasteiger partial charge in [-0.1, -0.05) is 25.1 Å². The van der Waals surface area contributed by atoms with Crippen LogP contribution in [0.25, 0.3) is 0 Å². The summed E-state index contributed by atoms with van der Waals surface area (Å²) in [7, 11) is 0. The van der Waals surface area contributed by atoms with E-state index in [0.717, 1.165) is 27.9 Å². The molecule has 2 aromatic carbocycles. The molecule has 1 aliphatic rings. The van der Waals surface area contributed by atoms with E-state index in [2.05, 4.69) is 5.32 Å². The van der Waals surface area contributed by atoms with E-state index in [1.165, 1.54) is 0 Å². The molecule has 0 saturated carbocycles. The first-order valence-electron chi connectivity index (χ1n) is 8.53. The van der Waals surface area contributed by atoms with Crippen LogP contribution in [0.1, 0.15) is 51.9 Å². The highest BCUT2D eigenvalue weighted by atomic mass is 16.5.